The van der Waals surface area contributed by atoms with Gasteiger partial charge in [-0.25, -0.2) is 8.42 Å². The van der Waals surface area contributed by atoms with Crippen molar-refractivity contribution < 1.29 is 13.2 Å². The van der Waals surface area contributed by atoms with E-state index in [2.05, 4.69) is 10.1 Å². The molecule has 3 aromatic rings. The Kier molecular flexibility index (Phi) is 5.08. The van der Waals surface area contributed by atoms with Crippen molar-refractivity contribution in [1.82, 2.24) is 14.1 Å². The molecule has 0 spiro atoms. The lowest BCUT2D eigenvalue weighted by atomic mass is 10.2. The Morgan fingerprint density at radius 3 is 2.52 bits per heavy atom. The Hall–Kier alpha value is -2.68. The van der Waals surface area contributed by atoms with Crippen LogP contribution in [0.15, 0.2) is 52.4 Å². The van der Waals surface area contributed by atoms with Crippen LogP contribution >= 0.6 is 11.6 Å². The summed E-state index contributed by atoms with van der Waals surface area (Å²) in [7, 11) is -3.55. The van der Waals surface area contributed by atoms with Gasteiger partial charge < -0.3 is 4.74 Å². The van der Waals surface area contributed by atoms with Crippen LogP contribution in [-0.4, -0.2) is 41.8 Å². The van der Waals surface area contributed by atoms with Gasteiger partial charge in [-0.2, -0.15) is 14.1 Å². The van der Waals surface area contributed by atoms with Crippen molar-refractivity contribution in [2.45, 2.75) is 31.1 Å². The highest BCUT2D eigenvalue weighted by atomic mass is 35.5. The fraction of sp³-hybridized carbons (Fsp3) is 0.273. The fourth-order valence-corrected chi connectivity index (χ4v) is 5.52. The Morgan fingerprint density at radius 2 is 1.77 bits per heavy atom. The summed E-state index contributed by atoms with van der Waals surface area (Å²) in [6.07, 6.45) is 4.52. The molecule has 2 aromatic carbocycles. The summed E-state index contributed by atoms with van der Waals surface area (Å²) in [4.78, 5) is 4.75. The minimum absolute atomic E-state index is 0.232. The van der Waals surface area contributed by atoms with Gasteiger partial charge >= 0.3 is 0 Å². The van der Waals surface area contributed by atoms with Crippen molar-refractivity contribution in [3.8, 4) is 17.3 Å². The summed E-state index contributed by atoms with van der Waals surface area (Å²) in [5.41, 5.74) is 2.76. The van der Waals surface area contributed by atoms with Gasteiger partial charge in [-0.05, 0) is 62.2 Å². The highest BCUT2D eigenvalue weighted by molar-refractivity contribution is 7.89. The number of aliphatic imine (C=N–C) groups is 1. The lowest BCUT2D eigenvalue weighted by molar-refractivity contribution is 0.346. The molecule has 1 fully saturated rings. The number of hydrogen-bond acceptors (Lipinski definition) is 5. The molecule has 9 heteroatoms. The van der Waals surface area contributed by atoms with Gasteiger partial charge in [0.2, 0.25) is 15.9 Å². The zero-order chi connectivity index (χ0) is 21.6. The normalized spacial score (nSPS) is 16.3. The SMILES string of the molecule is Cc1nn(-c2ccc(Cl)cc2)c2c1C=Nc1cc(S(=O)(=O)N3CCCCC3)ccc1O2. The minimum Gasteiger partial charge on any atom is -0.436 e. The van der Waals surface area contributed by atoms with E-state index in [0.717, 1.165) is 36.2 Å². The van der Waals surface area contributed by atoms with E-state index in [9.17, 15) is 8.42 Å². The maximum absolute atomic E-state index is 13.1. The van der Waals surface area contributed by atoms with E-state index in [1.807, 2.05) is 19.1 Å². The van der Waals surface area contributed by atoms with Crippen LogP contribution < -0.4 is 4.74 Å². The summed E-state index contributed by atoms with van der Waals surface area (Å²) in [6.45, 7) is 2.99. The highest BCUT2D eigenvalue weighted by Crippen LogP contribution is 2.39. The largest absolute Gasteiger partial charge is 0.436 e. The number of hydrogen-bond donors (Lipinski definition) is 0. The predicted molar refractivity (Wildman–Crippen MR) is 120 cm³/mol. The molecule has 0 N–H and O–H groups in total. The number of rotatable bonds is 3. The molecular formula is C22H21ClN4O3S. The predicted octanol–water partition coefficient (Wildman–Crippen LogP) is 4.87. The standard InChI is InChI=1S/C22H21ClN4O3S/c1-15-19-14-24-20-13-18(31(28,29)26-11-3-2-4-12-26)9-10-21(20)30-22(19)27(25-15)17-7-5-16(23)6-8-17/h5-10,13-14H,2-4,11-12H2,1H3. The van der Waals surface area contributed by atoms with Gasteiger partial charge in [0.15, 0.2) is 5.75 Å². The van der Waals surface area contributed by atoms with Crippen LogP contribution in [0.25, 0.3) is 5.69 Å². The third-order valence-corrected chi connectivity index (χ3v) is 7.70. The maximum atomic E-state index is 13.1. The second-order valence-electron chi connectivity index (χ2n) is 7.65. The Balaban J connectivity index is 1.53. The average Bonchev–Trinajstić information content (AvgIpc) is 2.96. The zero-order valence-electron chi connectivity index (χ0n) is 17.0. The molecule has 160 valence electrons. The molecule has 1 aromatic heterocycles. The quantitative estimate of drug-likeness (QED) is 0.441. The molecule has 5 rings (SSSR count). The Bertz CT molecular complexity index is 1280. The van der Waals surface area contributed by atoms with E-state index in [-0.39, 0.29) is 4.90 Å². The molecule has 1 saturated heterocycles. The second kappa shape index (κ2) is 7.78. The molecule has 0 saturated carbocycles. The number of fused-ring (bicyclic) bond motifs is 2. The third kappa shape index (κ3) is 3.64. The topological polar surface area (TPSA) is 76.8 Å². The van der Waals surface area contributed by atoms with Gasteiger partial charge in [-0.3, -0.25) is 4.99 Å². The Morgan fingerprint density at radius 1 is 1.03 bits per heavy atom. The van der Waals surface area contributed by atoms with Crippen molar-refractivity contribution in [2.75, 3.05) is 13.1 Å². The first kappa shape index (κ1) is 20.2. The fourth-order valence-electron chi connectivity index (χ4n) is 3.86. The van der Waals surface area contributed by atoms with Gasteiger partial charge in [0, 0.05) is 24.3 Å². The number of benzene rings is 2. The number of ether oxygens (including phenoxy) is 1. The van der Waals surface area contributed by atoms with Crippen LogP contribution in [0.1, 0.15) is 30.5 Å². The van der Waals surface area contributed by atoms with Crippen LogP contribution in [0.4, 0.5) is 5.69 Å². The number of aromatic nitrogens is 2. The summed E-state index contributed by atoms with van der Waals surface area (Å²) in [5.74, 6) is 0.997. The zero-order valence-corrected chi connectivity index (χ0v) is 18.5. The summed E-state index contributed by atoms with van der Waals surface area (Å²) in [5, 5.41) is 5.21. The van der Waals surface area contributed by atoms with Crippen LogP contribution in [0.2, 0.25) is 5.02 Å². The first-order valence-corrected chi connectivity index (χ1v) is 12.0. The van der Waals surface area contributed by atoms with Gasteiger partial charge in [-0.1, -0.05) is 18.0 Å². The molecule has 3 heterocycles. The van der Waals surface area contributed by atoms with Gasteiger partial charge in [0.1, 0.15) is 5.69 Å². The van der Waals surface area contributed by atoms with Crippen molar-refractivity contribution >= 4 is 33.5 Å². The molecular weight excluding hydrogens is 436 g/mol. The molecule has 2 aliphatic rings. The van der Waals surface area contributed by atoms with E-state index in [1.54, 1.807) is 45.5 Å². The molecule has 0 aliphatic carbocycles. The first-order chi connectivity index (χ1) is 14.9. The average molecular weight is 457 g/mol. The molecule has 0 unspecified atom stereocenters. The van der Waals surface area contributed by atoms with Crippen molar-refractivity contribution in [3.63, 3.8) is 0 Å². The minimum atomic E-state index is -3.55. The smallest absolute Gasteiger partial charge is 0.243 e. The molecule has 2 aliphatic heterocycles. The van der Waals surface area contributed by atoms with E-state index in [1.165, 1.54) is 0 Å². The molecule has 0 amide bonds. The molecule has 31 heavy (non-hydrogen) atoms. The second-order valence-corrected chi connectivity index (χ2v) is 10.0. The van der Waals surface area contributed by atoms with Crippen molar-refractivity contribution in [2.24, 2.45) is 4.99 Å². The van der Waals surface area contributed by atoms with Gasteiger partial charge in [-0.15, -0.1) is 0 Å². The molecule has 0 atom stereocenters. The van der Waals surface area contributed by atoms with E-state index < -0.39 is 10.0 Å². The number of halogens is 1. The maximum Gasteiger partial charge on any atom is 0.243 e. The Labute approximate surface area is 186 Å². The van der Waals surface area contributed by atoms with E-state index in [4.69, 9.17) is 16.3 Å². The van der Waals surface area contributed by atoms with E-state index >= 15 is 0 Å². The van der Waals surface area contributed by atoms with Crippen LogP contribution in [0.5, 0.6) is 11.6 Å². The third-order valence-electron chi connectivity index (χ3n) is 5.56. The van der Waals surface area contributed by atoms with Gasteiger partial charge in [0.25, 0.3) is 0 Å². The summed E-state index contributed by atoms with van der Waals surface area (Å²) < 4.78 is 35.5. The van der Waals surface area contributed by atoms with Crippen molar-refractivity contribution in [1.29, 1.82) is 0 Å². The number of piperidine rings is 1. The van der Waals surface area contributed by atoms with E-state index in [0.29, 0.717) is 35.4 Å². The van der Waals surface area contributed by atoms with Crippen molar-refractivity contribution in [3.05, 3.63) is 58.7 Å². The molecule has 0 radical (unpaired) electrons. The van der Waals surface area contributed by atoms with Crippen LogP contribution in [-0.2, 0) is 10.0 Å². The number of nitrogens with zero attached hydrogens (tertiary/aromatic N) is 4. The molecule has 0 bridgehead atoms. The lowest BCUT2D eigenvalue weighted by Crippen LogP contribution is -2.35. The molecule has 7 nitrogen and oxygen atoms in total. The monoisotopic (exact) mass is 456 g/mol. The summed E-state index contributed by atoms with van der Waals surface area (Å²) in [6, 6.07) is 12.1. The summed E-state index contributed by atoms with van der Waals surface area (Å²) >= 11 is 6.01. The highest BCUT2D eigenvalue weighted by Gasteiger charge is 2.28. The van der Waals surface area contributed by atoms with Crippen LogP contribution in [0, 0.1) is 6.92 Å². The van der Waals surface area contributed by atoms with Gasteiger partial charge in [0.05, 0.1) is 21.8 Å². The lowest BCUT2D eigenvalue weighted by Gasteiger charge is -2.26. The number of aryl methyl sites for hydroxylation is 1. The van der Waals surface area contributed by atoms with Crippen LogP contribution in [0.3, 0.4) is 0 Å². The first-order valence-electron chi connectivity index (χ1n) is 10.2. The number of sulfonamides is 1.